The molecule has 0 aliphatic heterocycles. The zero-order valence-electron chi connectivity index (χ0n) is 11.3. The van der Waals surface area contributed by atoms with Crippen LogP contribution in [0.3, 0.4) is 0 Å². The highest BCUT2D eigenvalue weighted by Gasteiger charge is 2.08. The van der Waals surface area contributed by atoms with Gasteiger partial charge in [-0.2, -0.15) is 0 Å². The number of aliphatic hydroxyl groups is 1. The Morgan fingerprint density at radius 2 is 1.47 bits per heavy atom. The monoisotopic (exact) mass is 250 g/mol. The molecule has 5 heteroatoms. The molecule has 0 saturated carbocycles. The Morgan fingerprint density at radius 1 is 0.882 bits per heavy atom. The standard InChI is InChI=1S/C12H26O5/c1-10(13)7-16-12(3)9-17-11(2)8-15-6-5-14-4/h10-13H,5-9H2,1-4H3. The smallest absolute Gasteiger partial charge is 0.0781 e. The van der Waals surface area contributed by atoms with Crippen LogP contribution in [-0.4, -0.2) is 63.6 Å². The van der Waals surface area contributed by atoms with Crippen molar-refractivity contribution in [1.82, 2.24) is 0 Å². The molecule has 1 N–H and O–H groups in total. The Balaban J connectivity index is 3.38. The summed E-state index contributed by atoms with van der Waals surface area (Å²) in [6, 6.07) is 0. The quantitative estimate of drug-likeness (QED) is 0.551. The van der Waals surface area contributed by atoms with E-state index >= 15 is 0 Å². The fourth-order valence-electron chi connectivity index (χ4n) is 1.09. The van der Waals surface area contributed by atoms with Crippen LogP contribution in [0.5, 0.6) is 0 Å². The van der Waals surface area contributed by atoms with Crippen LogP contribution in [0.2, 0.25) is 0 Å². The molecule has 3 atom stereocenters. The molecule has 0 spiro atoms. The summed E-state index contributed by atoms with van der Waals surface area (Å²) in [6.07, 6.45) is -0.428. The maximum Gasteiger partial charge on any atom is 0.0781 e. The highest BCUT2D eigenvalue weighted by molar-refractivity contribution is 4.54. The van der Waals surface area contributed by atoms with E-state index in [1.807, 2.05) is 13.8 Å². The molecule has 0 bridgehead atoms. The van der Waals surface area contributed by atoms with Crippen molar-refractivity contribution in [2.75, 3.05) is 40.1 Å². The summed E-state index contributed by atoms with van der Waals surface area (Å²) in [6.45, 7) is 8.13. The predicted octanol–water partition coefficient (Wildman–Crippen LogP) is 0.840. The molecule has 0 heterocycles. The van der Waals surface area contributed by atoms with Gasteiger partial charge < -0.3 is 24.1 Å². The summed E-state index contributed by atoms with van der Waals surface area (Å²) in [5, 5.41) is 9.05. The average molecular weight is 250 g/mol. The third kappa shape index (κ3) is 12.1. The van der Waals surface area contributed by atoms with Gasteiger partial charge in [-0.25, -0.2) is 0 Å². The van der Waals surface area contributed by atoms with E-state index in [2.05, 4.69) is 0 Å². The Morgan fingerprint density at radius 3 is 2.06 bits per heavy atom. The predicted molar refractivity (Wildman–Crippen MR) is 65.2 cm³/mol. The van der Waals surface area contributed by atoms with Crippen LogP contribution < -0.4 is 0 Å². The van der Waals surface area contributed by atoms with Gasteiger partial charge in [0.15, 0.2) is 0 Å². The molecule has 17 heavy (non-hydrogen) atoms. The van der Waals surface area contributed by atoms with Gasteiger partial charge in [-0.3, -0.25) is 0 Å². The van der Waals surface area contributed by atoms with Crippen LogP contribution in [0.15, 0.2) is 0 Å². The molecule has 0 aliphatic rings. The molecule has 3 unspecified atom stereocenters. The van der Waals surface area contributed by atoms with E-state index in [4.69, 9.17) is 24.1 Å². The highest BCUT2D eigenvalue weighted by atomic mass is 16.6. The number of aliphatic hydroxyl groups excluding tert-OH is 1. The molecule has 5 nitrogen and oxygen atoms in total. The normalized spacial score (nSPS) is 16.8. The second-order valence-corrected chi connectivity index (χ2v) is 4.20. The first-order valence-electron chi connectivity index (χ1n) is 6.04. The molecule has 0 amide bonds. The zero-order valence-corrected chi connectivity index (χ0v) is 11.3. The molecule has 0 saturated heterocycles. The van der Waals surface area contributed by atoms with E-state index < -0.39 is 6.10 Å². The lowest BCUT2D eigenvalue weighted by Gasteiger charge is -2.18. The van der Waals surface area contributed by atoms with Gasteiger partial charge in [-0.15, -0.1) is 0 Å². The first kappa shape index (κ1) is 16.8. The molecule has 0 aliphatic carbocycles. The van der Waals surface area contributed by atoms with Gasteiger partial charge in [-0.1, -0.05) is 0 Å². The van der Waals surface area contributed by atoms with E-state index in [9.17, 15) is 0 Å². The summed E-state index contributed by atoms with van der Waals surface area (Å²) in [4.78, 5) is 0. The number of rotatable bonds is 11. The van der Waals surface area contributed by atoms with Crippen molar-refractivity contribution in [2.24, 2.45) is 0 Å². The molecule has 0 rings (SSSR count). The lowest BCUT2D eigenvalue weighted by Crippen LogP contribution is -2.26. The van der Waals surface area contributed by atoms with Gasteiger partial charge in [0.1, 0.15) is 0 Å². The van der Waals surface area contributed by atoms with Crippen molar-refractivity contribution in [3.8, 4) is 0 Å². The molecule has 0 aromatic heterocycles. The Kier molecular flexibility index (Phi) is 10.8. The number of ether oxygens (including phenoxy) is 4. The fraction of sp³-hybridized carbons (Fsp3) is 1.00. The van der Waals surface area contributed by atoms with Gasteiger partial charge >= 0.3 is 0 Å². The molecular weight excluding hydrogens is 224 g/mol. The minimum absolute atomic E-state index is 0.0222. The minimum Gasteiger partial charge on any atom is -0.391 e. The van der Waals surface area contributed by atoms with Crippen LogP contribution >= 0.6 is 0 Å². The molecular formula is C12H26O5. The van der Waals surface area contributed by atoms with E-state index in [-0.39, 0.29) is 12.2 Å². The topological polar surface area (TPSA) is 57.2 Å². The summed E-state index contributed by atoms with van der Waals surface area (Å²) >= 11 is 0. The van der Waals surface area contributed by atoms with Crippen molar-refractivity contribution >= 4 is 0 Å². The summed E-state index contributed by atoms with van der Waals surface area (Å²) in [5.74, 6) is 0. The second kappa shape index (κ2) is 10.9. The van der Waals surface area contributed by atoms with Crippen LogP contribution in [-0.2, 0) is 18.9 Å². The summed E-state index contributed by atoms with van der Waals surface area (Å²) in [5.41, 5.74) is 0. The number of hydrogen-bond donors (Lipinski definition) is 1. The van der Waals surface area contributed by atoms with E-state index in [0.717, 1.165) is 0 Å². The molecule has 0 aromatic carbocycles. The van der Waals surface area contributed by atoms with Gasteiger partial charge in [-0.05, 0) is 20.8 Å². The largest absolute Gasteiger partial charge is 0.391 e. The fourth-order valence-corrected chi connectivity index (χ4v) is 1.09. The van der Waals surface area contributed by atoms with E-state index in [0.29, 0.717) is 33.0 Å². The van der Waals surface area contributed by atoms with Crippen LogP contribution in [0.1, 0.15) is 20.8 Å². The maximum atomic E-state index is 9.05. The lowest BCUT2D eigenvalue weighted by atomic mass is 10.4. The maximum absolute atomic E-state index is 9.05. The third-order valence-corrected chi connectivity index (χ3v) is 2.02. The molecule has 0 aromatic rings. The Hall–Kier alpha value is -0.200. The van der Waals surface area contributed by atoms with Gasteiger partial charge in [0, 0.05) is 7.11 Å². The molecule has 104 valence electrons. The highest BCUT2D eigenvalue weighted by Crippen LogP contribution is 1.98. The van der Waals surface area contributed by atoms with Crippen molar-refractivity contribution in [3.05, 3.63) is 0 Å². The number of methoxy groups -OCH3 is 1. The van der Waals surface area contributed by atoms with Crippen molar-refractivity contribution in [1.29, 1.82) is 0 Å². The van der Waals surface area contributed by atoms with Crippen molar-refractivity contribution < 1.29 is 24.1 Å². The second-order valence-electron chi connectivity index (χ2n) is 4.20. The average Bonchev–Trinajstić information content (AvgIpc) is 2.29. The summed E-state index contributed by atoms with van der Waals surface area (Å²) in [7, 11) is 1.64. The van der Waals surface area contributed by atoms with E-state index in [1.54, 1.807) is 14.0 Å². The first-order valence-corrected chi connectivity index (χ1v) is 6.04. The van der Waals surface area contributed by atoms with E-state index in [1.165, 1.54) is 0 Å². The lowest BCUT2D eigenvalue weighted by molar-refractivity contribution is -0.0725. The van der Waals surface area contributed by atoms with Gasteiger partial charge in [0.05, 0.1) is 51.3 Å². The zero-order chi connectivity index (χ0) is 13.1. The Bertz CT molecular complexity index is 163. The summed E-state index contributed by atoms with van der Waals surface area (Å²) < 4.78 is 21.1. The van der Waals surface area contributed by atoms with Crippen molar-refractivity contribution in [3.63, 3.8) is 0 Å². The van der Waals surface area contributed by atoms with Crippen LogP contribution in [0.4, 0.5) is 0 Å². The number of hydrogen-bond acceptors (Lipinski definition) is 5. The first-order chi connectivity index (χ1) is 8.06. The SMILES string of the molecule is COCCOCC(C)OCC(C)OCC(C)O. The minimum atomic E-state index is -0.438. The molecule has 0 fully saturated rings. The van der Waals surface area contributed by atoms with Crippen LogP contribution in [0, 0.1) is 0 Å². The van der Waals surface area contributed by atoms with Crippen molar-refractivity contribution in [2.45, 2.75) is 39.1 Å². The van der Waals surface area contributed by atoms with Gasteiger partial charge in [0.25, 0.3) is 0 Å². The Labute approximate surface area is 104 Å². The van der Waals surface area contributed by atoms with Gasteiger partial charge in [0.2, 0.25) is 0 Å². The van der Waals surface area contributed by atoms with Crippen LogP contribution in [0.25, 0.3) is 0 Å². The third-order valence-electron chi connectivity index (χ3n) is 2.02. The molecule has 0 radical (unpaired) electrons.